The fourth-order valence-corrected chi connectivity index (χ4v) is 2.93. The minimum absolute atomic E-state index is 0.121. The molecule has 1 fully saturated rings. The van der Waals surface area contributed by atoms with Gasteiger partial charge in [0.1, 0.15) is 4.88 Å². The van der Waals surface area contributed by atoms with Crippen LogP contribution in [0.4, 0.5) is 5.13 Å². The quantitative estimate of drug-likeness (QED) is 0.511. The molecule has 0 bridgehead atoms. The smallest absolute Gasteiger partial charge is 0.350 e. The van der Waals surface area contributed by atoms with Gasteiger partial charge in [0.25, 0.3) is 5.91 Å². The third kappa shape index (κ3) is 3.40. The summed E-state index contributed by atoms with van der Waals surface area (Å²) < 4.78 is 4.73. The molecule has 0 radical (unpaired) electrons. The molecule has 0 aliphatic heterocycles. The number of isocyanates is 1. The van der Waals surface area contributed by atoms with Gasteiger partial charge >= 0.3 is 5.97 Å². The van der Waals surface area contributed by atoms with Crippen molar-refractivity contribution in [3.8, 4) is 11.3 Å². The molecule has 1 saturated carbocycles. The number of ether oxygens (including phenoxy) is 1. The Morgan fingerprint density at radius 3 is 2.62 bits per heavy atom. The third-order valence-corrected chi connectivity index (χ3v) is 4.39. The second-order valence-corrected chi connectivity index (χ2v) is 6.17. The molecule has 0 spiro atoms. The predicted molar refractivity (Wildman–Crippen MR) is 87.2 cm³/mol. The molecule has 2 aromatic rings. The van der Waals surface area contributed by atoms with Gasteiger partial charge in [-0.05, 0) is 25.0 Å². The van der Waals surface area contributed by atoms with Crippen LogP contribution in [-0.2, 0) is 9.53 Å². The lowest BCUT2D eigenvalue weighted by atomic mass is 10.1. The summed E-state index contributed by atoms with van der Waals surface area (Å²) in [4.78, 5) is 42.1. The van der Waals surface area contributed by atoms with Crippen molar-refractivity contribution in [2.75, 3.05) is 7.11 Å². The van der Waals surface area contributed by atoms with Crippen molar-refractivity contribution >= 4 is 34.4 Å². The molecule has 7 nitrogen and oxygen atoms in total. The number of hydrogen-bond donors (Lipinski definition) is 1. The van der Waals surface area contributed by atoms with Crippen molar-refractivity contribution in [1.82, 2.24) is 10.3 Å². The second kappa shape index (κ2) is 6.74. The van der Waals surface area contributed by atoms with E-state index in [1.807, 2.05) is 0 Å². The molecule has 0 atom stereocenters. The molecule has 1 aromatic carbocycles. The van der Waals surface area contributed by atoms with E-state index in [1.54, 1.807) is 24.3 Å². The number of nitrogens with zero attached hydrogens (tertiary/aromatic N) is 2. The maximum atomic E-state index is 12.0. The number of amides is 1. The van der Waals surface area contributed by atoms with E-state index in [9.17, 15) is 14.4 Å². The second-order valence-electron chi connectivity index (χ2n) is 5.19. The van der Waals surface area contributed by atoms with Gasteiger partial charge in [0.05, 0.1) is 12.8 Å². The SMILES string of the molecule is COC(=O)c1sc(N=C=O)nc1-c1ccc(C(=O)NC2CC2)cc1. The van der Waals surface area contributed by atoms with Crippen molar-refractivity contribution in [2.45, 2.75) is 18.9 Å². The normalized spacial score (nSPS) is 13.0. The van der Waals surface area contributed by atoms with Gasteiger partial charge in [-0.1, -0.05) is 23.5 Å². The monoisotopic (exact) mass is 343 g/mol. The molecule has 122 valence electrons. The van der Waals surface area contributed by atoms with Gasteiger partial charge in [-0.25, -0.2) is 14.6 Å². The summed E-state index contributed by atoms with van der Waals surface area (Å²) in [6.45, 7) is 0. The van der Waals surface area contributed by atoms with E-state index in [0.29, 0.717) is 16.8 Å². The molecular formula is C16H13N3O4S. The first-order valence-electron chi connectivity index (χ1n) is 7.20. The summed E-state index contributed by atoms with van der Waals surface area (Å²) in [6.07, 6.45) is 3.44. The Morgan fingerprint density at radius 2 is 2.04 bits per heavy atom. The molecule has 1 aliphatic rings. The summed E-state index contributed by atoms with van der Waals surface area (Å²) >= 11 is 0.945. The first kappa shape index (κ1) is 16.0. The number of aromatic nitrogens is 1. The average molecular weight is 343 g/mol. The van der Waals surface area contributed by atoms with Crippen molar-refractivity contribution in [3.63, 3.8) is 0 Å². The van der Waals surface area contributed by atoms with Crippen LogP contribution in [0, 0.1) is 0 Å². The Balaban J connectivity index is 1.91. The maximum absolute atomic E-state index is 12.0. The molecule has 1 N–H and O–H groups in total. The van der Waals surface area contributed by atoms with E-state index in [1.165, 1.54) is 13.2 Å². The topological polar surface area (TPSA) is 97.7 Å². The van der Waals surface area contributed by atoms with E-state index in [4.69, 9.17) is 4.74 Å². The highest BCUT2D eigenvalue weighted by Crippen LogP contribution is 2.33. The highest BCUT2D eigenvalue weighted by Gasteiger charge is 2.24. The van der Waals surface area contributed by atoms with Crippen molar-refractivity contribution in [2.24, 2.45) is 4.99 Å². The Labute approximate surface area is 141 Å². The summed E-state index contributed by atoms with van der Waals surface area (Å²) in [5.74, 6) is -0.688. The Bertz CT molecular complexity index is 834. The van der Waals surface area contributed by atoms with Crippen LogP contribution in [-0.4, -0.2) is 36.1 Å². The first-order valence-corrected chi connectivity index (χ1v) is 8.02. The van der Waals surface area contributed by atoms with E-state index in [-0.39, 0.29) is 22.0 Å². The van der Waals surface area contributed by atoms with Crippen molar-refractivity contribution in [3.05, 3.63) is 34.7 Å². The van der Waals surface area contributed by atoms with Gasteiger partial charge in [-0.15, -0.1) is 4.99 Å². The fourth-order valence-electron chi connectivity index (χ4n) is 2.10. The van der Waals surface area contributed by atoms with Crippen LogP contribution in [0.2, 0.25) is 0 Å². The number of aliphatic imine (C=N–C) groups is 1. The fraction of sp³-hybridized carbons (Fsp3) is 0.250. The van der Waals surface area contributed by atoms with Crippen LogP contribution < -0.4 is 5.32 Å². The number of esters is 1. The van der Waals surface area contributed by atoms with Crippen LogP contribution in [0.5, 0.6) is 0 Å². The number of thiazole rings is 1. The molecule has 1 heterocycles. The number of nitrogens with one attached hydrogen (secondary N) is 1. The van der Waals surface area contributed by atoms with E-state index < -0.39 is 5.97 Å². The summed E-state index contributed by atoms with van der Waals surface area (Å²) in [6, 6.07) is 6.99. The molecule has 0 saturated heterocycles. The molecule has 3 rings (SSSR count). The lowest BCUT2D eigenvalue weighted by molar-refractivity contribution is 0.0606. The molecule has 0 unspecified atom stereocenters. The number of methoxy groups -OCH3 is 1. The largest absolute Gasteiger partial charge is 0.465 e. The molecular weight excluding hydrogens is 330 g/mol. The number of rotatable bonds is 5. The number of carbonyl (C=O) groups excluding carboxylic acids is 3. The highest BCUT2D eigenvalue weighted by atomic mass is 32.1. The average Bonchev–Trinajstić information content (AvgIpc) is 3.31. The summed E-state index contributed by atoms with van der Waals surface area (Å²) in [7, 11) is 1.26. The van der Waals surface area contributed by atoms with Crippen LogP contribution >= 0.6 is 11.3 Å². The van der Waals surface area contributed by atoms with Gasteiger partial charge < -0.3 is 10.1 Å². The van der Waals surface area contributed by atoms with Gasteiger partial charge in [0, 0.05) is 17.2 Å². The Kier molecular flexibility index (Phi) is 4.50. The van der Waals surface area contributed by atoms with Gasteiger partial charge in [-0.3, -0.25) is 4.79 Å². The zero-order chi connectivity index (χ0) is 17.1. The minimum Gasteiger partial charge on any atom is -0.465 e. The van der Waals surface area contributed by atoms with Gasteiger partial charge in [0.2, 0.25) is 11.2 Å². The summed E-state index contributed by atoms with van der Waals surface area (Å²) in [5, 5.41) is 3.03. The number of benzene rings is 1. The van der Waals surface area contributed by atoms with Crippen LogP contribution in [0.25, 0.3) is 11.3 Å². The molecule has 1 amide bonds. The van der Waals surface area contributed by atoms with E-state index >= 15 is 0 Å². The predicted octanol–water partition coefficient (Wildman–Crippen LogP) is 2.46. The lowest BCUT2D eigenvalue weighted by Gasteiger charge is -2.05. The zero-order valence-electron chi connectivity index (χ0n) is 12.7. The van der Waals surface area contributed by atoms with E-state index in [2.05, 4.69) is 15.3 Å². The van der Waals surface area contributed by atoms with Gasteiger partial charge in [0.15, 0.2) is 0 Å². The van der Waals surface area contributed by atoms with Crippen LogP contribution in [0.3, 0.4) is 0 Å². The molecule has 1 aromatic heterocycles. The first-order chi connectivity index (χ1) is 11.6. The molecule has 1 aliphatic carbocycles. The zero-order valence-corrected chi connectivity index (χ0v) is 13.6. The standard InChI is InChI=1S/C16H13N3O4S/c1-23-15(22)13-12(19-16(24-13)17-8-20)9-2-4-10(5-3-9)14(21)18-11-6-7-11/h2-5,11H,6-7H2,1H3,(H,18,21). The third-order valence-electron chi connectivity index (χ3n) is 3.46. The Hall–Kier alpha value is -2.83. The van der Waals surface area contributed by atoms with Crippen molar-refractivity contribution in [1.29, 1.82) is 0 Å². The van der Waals surface area contributed by atoms with E-state index in [0.717, 1.165) is 24.2 Å². The number of hydrogen-bond acceptors (Lipinski definition) is 7. The van der Waals surface area contributed by atoms with Crippen molar-refractivity contribution < 1.29 is 19.1 Å². The van der Waals surface area contributed by atoms with Crippen LogP contribution in [0.1, 0.15) is 32.9 Å². The Morgan fingerprint density at radius 1 is 1.33 bits per heavy atom. The highest BCUT2D eigenvalue weighted by molar-refractivity contribution is 7.17. The molecule has 8 heteroatoms. The lowest BCUT2D eigenvalue weighted by Crippen LogP contribution is -2.25. The maximum Gasteiger partial charge on any atom is 0.350 e. The minimum atomic E-state index is -0.564. The number of carbonyl (C=O) groups is 2. The molecule has 24 heavy (non-hydrogen) atoms. The van der Waals surface area contributed by atoms with Crippen LogP contribution in [0.15, 0.2) is 29.3 Å². The van der Waals surface area contributed by atoms with Gasteiger partial charge in [-0.2, -0.15) is 0 Å². The summed E-state index contributed by atoms with van der Waals surface area (Å²) in [5.41, 5.74) is 1.52.